The summed E-state index contributed by atoms with van der Waals surface area (Å²) < 4.78 is 38.1. The number of carbonyl (C=O) groups excluding carboxylic acids is 1. The van der Waals surface area contributed by atoms with Crippen LogP contribution in [-0.2, 0) is 6.18 Å². The van der Waals surface area contributed by atoms with E-state index in [0.29, 0.717) is 11.4 Å². The van der Waals surface area contributed by atoms with Gasteiger partial charge in [-0.05, 0) is 61.0 Å². The molecular formula is C24H21F3N6O. The number of nitrogens with one attached hydrogen (secondary N) is 4. The number of benzene rings is 2. The number of pyridine rings is 1. The van der Waals surface area contributed by atoms with Crippen LogP contribution in [0.3, 0.4) is 0 Å². The Morgan fingerprint density at radius 3 is 2.47 bits per heavy atom. The Morgan fingerprint density at radius 1 is 0.971 bits per heavy atom. The summed E-state index contributed by atoms with van der Waals surface area (Å²) in [5.74, 6) is 0.752. The Labute approximate surface area is 193 Å². The first-order valence-electron chi connectivity index (χ1n) is 10.4. The molecule has 0 atom stereocenters. The molecule has 0 aliphatic carbocycles. The van der Waals surface area contributed by atoms with Crippen molar-refractivity contribution >= 4 is 23.2 Å². The molecule has 2 amide bonds. The van der Waals surface area contributed by atoms with E-state index >= 15 is 0 Å². The molecule has 0 bridgehead atoms. The topological polar surface area (TPSA) is 94.7 Å². The second kappa shape index (κ2) is 9.65. The summed E-state index contributed by atoms with van der Waals surface area (Å²) in [4.78, 5) is 16.7. The lowest BCUT2D eigenvalue weighted by Crippen LogP contribution is -2.19. The molecule has 4 N–H and O–H groups in total. The van der Waals surface area contributed by atoms with Crippen LogP contribution in [0.4, 0.5) is 35.2 Å². The van der Waals surface area contributed by atoms with Crippen molar-refractivity contribution in [2.45, 2.75) is 13.1 Å². The third-order valence-corrected chi connectivity index (χ3v) is 4.93. The van der Waals surface area contributed by atoms with Gasteiger partial charge in [0.05, 0.1) is 11.3 Å². The van der Waals surface area contributed by atoms with E-state index in [2.05, 4.69) is 31.1 Å². The summed E-state index contributed by atoms with van der Waals surface area (Å²) >= 11 is 0. The Hall–Kier alpha value is -4.34. The number of H-pyrrole nitrogens is 1. The number of hydrogen-bond acceptors (Lipinski definition) is 4. The first-order valence-corrected chi connectivity index (χ1v) is 10.4. The van der Waals surface area contributed by atoms with Crippen LogP contribution < -0.4 is 16.0 Å². The zero-order valence-electron chi connectivity index (χ0n) is 18.1. The fourth-order valence-corrected chi connectivity index (χ4v) is 3.39. The third-order valence-electron chi connectivity index (χ3n) is 4.93. The number of urea groups is 1. The number of anilines is 3. The first-order chi connectivity index (χ1) is 16.3. The summed E-state index contributed by atoms with van der Waals surface area (Å²) in [6.07, 6.45) is -0.928. The molecule has 0 aliphatic heterocycles. The zero-order valence-corrected chi connectivity index (χ0v) is 18.1. The second-order valence-corrected chi connectivity index (χ2v) is 7.34. The molecule has 0 unspecified atom stereocenters. The molecule has 2 heterocycles. The molecule has 174 valence electrons. The minimum Gasteiger partial charge on any atom is -0.370 e. The third kappa shape index (κ3) is 5.34. The lowest BCUT2D eigenvalue weighted by atomic mass is 10.0. The SMILES string of the molecule is CCNc1cc(-c2c[nH]nc2-c2cccc(NC(=O)Nc3ccc(C(F)(F)F)cc3)c2)ccn1. The van der Waals surface area contributed by atoms with Crippen molar-refractivity contribution in [3.8, 4) is 22.4 Å². The molecule has 7 nitrogen and oxygen atoms in total. The number of alkyl halides is 3. The van der Waals surface area contributed by atoms with Crippen molar-refractivity contribution in [3.05, 3.63) is 78.6 Å². The number of rotatable bonds is 6. The largest absolute Gasteiger partial charge is 0.416 e. The summed E-state index contributed by atoms with van der Waals surface area (Å²) in [6, 6.07) is 14.6. The van der Waals surface area contributed by atoms with E-state index in [1.54, 1.807) is 30.6 Å². The standard InChI is InChI=1S/C24H21F3N6O/c1-2-28-21-13-15(10-11-29-21)20-14-30-33-22(20)16-4-3-5-19(12-16)32-23(34)31-18-8-6-17(7-9-18)24(25,26)27/h3-14H,2H2,1H3,(H,28,29)(H,30,33)(H2,31,32,34). The van der Waals surface area contributed by atoms with Crippen LogP contribution >= 0.6 is 0 Å². The van der Waals surface area contributed by atoms with Crippen molar-refractivity contribution < 1.29 is 18.0 Å². The molecule has 0 saturated carbocycles. The van der Waals surface area contributed by atoms with Gasteiger partial charge in [-0.15, -0.1) is 0 Å². The zero-order chi connectivity index (χ0) is 24.1. The summed E-state index contributed by atoms with van der Waals surface area (Å²) in [5.41, 5.74) is 3.21. The molecule has 10 heteroatoms. The lowest BCUT2D eigenvalue weighted by Gasteiger charge is -2.11. The molecule has 34 heavy (non-hydrogen) atoms. The predicted molar refractivity (Wildman–Crippen MR) is 126 cm³/mol. The fraction of sp³-hybridized carbons (Fsp3) is 0.125. The average Bonchev–Trinajstić information content (AvgIpc) is 3.29. The Morgan fingerprint density at radius 2 is 1.74 bits per heavy atom. The van der Waals surface area contributed by atoms with Gasteiger partial charge in [-0.3, -0.25) is 5.10 Å². The van der Waals surface area contributed by atoms with E-state index in [9.17, 15) is 18.0 Å². The summed E-state index contributed by atoms with van der Waals surface area (Å²) in [6.45, 7) is 2.74. The normalized spacial score (nSPS) is 11.2. The van der Waals surface area contributed by atoms with Crippen LogP contribution in [0.25, 0.3) is 22.4 Å². The minimum atomic E-state index is -4.43. The minimum absolute atomic E-state index is 0.241. The molecule has 2 aromatic carbocycles. The van der Waals surface area contributed by atoms with Crippen LogP contribution in [-0.4, -0.2) is 27.8 Å². The highest BCUT2D eigenvalue weighted by Crippen LogP contribution is 2.32. The predicted octanol–water partition coefficient (Wildman–Crippen LogP) is 6.23. The fourth-order valence-electron chi connectivity index (χ4n) is 3.39. The number of halogens is 3. The lowest BCUT2D eigenvalue weighted by molar-refractivity contribution is -0.137. The van der Waals surface area contributed by atoms with Crippen LogP contribution in [0, 0.1) is 0 Å². The highest BCUT2D eigenvalue weighted by Gasteiger charge is 2.30. The molecule has 0 radical (unpaired) electrons. The highest BCUT2D eigenvalue weighted by molar-refractivity contribution is 6.00. The number of aromatic amines is 1. The van der Waals surface area contributed by atoms with Crippen LogP contribution in [0.15, 0.2) is 73.1 Å². The van der Waals surface area contributed by atoms with E-state index in [0.717, 1.165) is 41.2 Å². The molecule has 0 spiro atoms. The number of amides is 2. The van der Waals surface area contributed by atoms with E-state index in [1.165, 1.54) is 12.1 Å². The highest BCUT2D eigenvalue weighted by atomic mass is 19.4. The van der Waals surface area contributed by atoms with Crippen LogP contribution in [0.1, 0.15) is 12.5 Å². The van der Waals surface area contributed by atoms with Crippen molar-refractivity contribution in [2.75, 3.05) is 22.5 Å². The van der Waals surface area contributed by atoms with Crippen molar-refractivity contribution in [3.63, 3.8) is 0 Å². The van der Waals surface area contributed by atoms with E-state index < -0.39 is 17.8 Å². The van der Waals surface area contributed by atoms with Gasteiger partial charge in [0.15, 0.2) is 0 Å². The number of hydrogen-bond donors (Lipinski definition) is 4. The van der Waals surface area contributed by atoms with E-state index in [-0.39, 0.29) is 5.69 Å². The number of nitrogens with zero attached hydrogens (tertiary/aromatic N) is 2. The number of carbonyl (C=O) groups is 1. The van der Waals surface area contributed by atoms with Crippen molar-refractivity contribution in [1.82, 2.24) is 15.2 Å². The maximum absolute atomic E-state index is 12.7. The second-order valence-electron chi connectivity index (χ2n) is 7.34. The first kappa shape index (κ1) is 22.8. The molecule has 0 saturated heterocycles. The summed E-state index contributed by atoms with van der Waals surface area (Å²) in [7, 11) is 0. The van der Waals surface area contributed by atoms with Crippen LogP contribution in [0.5, 0.6) is 0 Å². The van der Waals surface area contributed by atoms with Gasteiger partial charge < -0.3 is 16.0 Å². The van der Waals surface area contributed by atoms with Crippen molar-refractivity contribution in [2.24, 2.45) is 0 Å². The maximum Gasteiger partial charge on any atom is 0.416 e. The van der Waals surface area contributed by atoms with E-state index in [1.807, 2.05) is 25.1 Å². The Bertz CT molecular complexity index is 1280. The summed E-state index contributed by atoms with van der Waals surface area (Å²) in [5, 5.41) is 15.6. The van der Waals surface area contributed by atoms with Gasteiger partial charge in [-0.1, -0.05) is 12.1 Å². The van der Waals surface area contributed by atoms with Gasteiger partial charge in [0.1, 0.15) is 5.82 Å². The molecule has 4 rings (SSSR count). The Kier molecular flexibility index (Phi) is 6.48. The van der Waals surface area contributed by atoms with Gasteiger partial charge in [0.2, 0.25) is 0 Å². The molecule has 2 aromatic heterocycles. The van der Waals surface area contributed by atoms with Gasteiger partial charge in [0.25, 0.3) is 0 Å². The van der Waals surface area contributed by atoms with Gasteiger partial charge in [-0.2, -0.15) is 18.3 Å². The number of aromatic nitrogens is 3. The quantitative estimate of drug-likeness (QED) is 0.271. The van der Waals surface area contributed by atoms with Crippen LogP contribution in [0.2, 0.25) is 0 Å². The average molecular weight is 466 g/mol. The maximum atomic E-state index is 12.7. The van der Waals surface area contributed by atoms with Gasteiger partial charge in [0, 0.05) is 41.4 Å². The Balaban J connectivity index is 1.50. The smallest absolute Gasteiger partial charge is 0.370 e. The monoisotopic (exact) mass is 466 g/mol. The van der Waals surface area contributed by atoms with Gasteiger partial charge in [-0.25, -0.2) is 9.78 Å². The van der Waals surface area contributed by atoms with Crippen molar-refractivity contribution in [1.29, 1.82) is 0 Å². The molecular weight excluding hydrogens is 445 g/mol. The molecule has 0 fully saturated rings. The van der Waals surface area contributed by atoms with E-state index in [4.69, 9.17) is 0 Å². The molecule has 4 aromatic rings. The molecule has 0 aliphatic rings. The van der Waals surface area contributed by atoms with Gasteiger partial charge >= 0.3 is 12.2 Å².